The van der Waals surface area contributed by atoms with Crippen LogP contribution in [0.15, 0.2) is 48.6 Å². The topological polar surface area (TPSA) is 63.9 Å². The summed E-state index contributed by atoms with van der Waals surface area (Å²) in [6.45, 7) is 9.94. The molecule has 0 fully saturated rings. The Hall–Kier alpha value is -1.92. The van der Waals surface area contributed by atoms with Crippen molar-refractivity contribution in [2.24, 2.45) is 0 Å². The highest BCUT2D eigenvalue weighted by atomic mass is 32.1. The van der Waals surface area contributed by atoms with Crippen LogP contribution in [0.5, 0.6) is 0 Å². The van der Waals surface area contributed by atoms with Gasteiger partial charge in [-0.15, -0.1) is 11.3 Å². The van der Waals surface area contributed by atoms with E-state index in [2.05, 4.69) is 37.0 Å². The van der Waals surface area contributed by atoms with Crippen molar-refractivity contribution < 1.29 is 15.3 Å². The van der Waals surface area contributed by atoms with Gasteiger partial charge in [-0.05, 0) is 60.1 Å². The third kappa shape index (κ3) is 7.04. The van der Waals surface area contributed by atoms with E-state index in [4.69, 9.17) is 0 Å². The Morgan fingerprint density at radius 2 is 1.72 bits per heavy atom. The van der Waals surface area contributed by atoms with Crippen LogP contribution < -0.4 is 4.90 Å². The van der Waals surface area contributed by atoms with Gasteiger partial charge in [-0.25, -0.2) is 0 Å². The quantitative estimate of drug-likeness (QED) is 0.320. The number of allylic oxidation sites excluding steroid dienone is 3. The van der Waals surface area contributed by atoms with Crippen LogP contribution in [-0.4, -0.2) is 27.5 Å². The van der Waals surface area contributed by atoms with Gasteiger partial charge in [-0.3, -0.25) is 0 Å². The maximum Gasteiger partial charge on any atom is 0.0917 e. The van der Waals surface area contributed by atoms with E-state index in [1.165, 1.54) is 15.5 Å². The highest BCUT2D eigenvalue weighted by molar-refractivity contribution is 7.17. The lowest BCUT2D eigenvalue weighted by molar-refractivity contribution is 0.0828. The summed E-state index contributed by atoms with van der Waals surface area (Å²) >= 11 is 1.79. The van der Waals surface area contributed by atoms with E-state index in [0.717, 1.165) is 42.6 Å². The first-order valence-corrected chi connectivity index (χ1v) is 12.5. The molecule has 0 amide bonds. The average molecular weight is 458 g/mol. The van der Waals surface area contributed by atoms with Gasteiger partial charge in [-0.1, -0.05) is 64.1 Å². The van der Waals surface area contributed by atoms with Crippen molar-refractivity contribution in [1.29, 1.82) is 0 Å². The fraction of sp³-hybridized carbons (Fsp3) is 0.481. The lowest BCUT2D eigenvalue weighted by Gasteiger charge is -2.23. The second-order valence-corrected chi connectivity index (χ2v) is 9.26. The van der Waals surface area contributed by atoms with Crippen molar-refractivity contribution in [2.45, 2.75) is 78.7 Å². The highest BCUT2D eigenvalue weighted by Crippen LogP contribution is 2.33. The lowest BCUT2D eigenvalue weighted by atomic mass is 9.97. The zero-order chi connectivity index (χ0) is 23.6. The molecule has 0 spiro atoms. The summed E-state index contributed by atoms with van der Waals surface area (Å²) in [4.78, 5) is 3.62. The normalized spacial score (nSPS) is 12.7. The minimum absolute atomic E-state index is 0.0579. The lowest BCUT2D eigenvalue weighted by Crippen LogP contribution is -2.22. The molecule has 176 valence electrons. The van der Waals surface area contributed by atoms with Crippen LogP contribution in [-0.2, 0) is 19.8 Å². The maximum atomic E-state index is 10.5. The third-order valence-corrected chi connectivity index (χ3v) is 7.23. The van der Waals surface area contributed by atoms with Gasteiger partial charge in [0.1, 0.15) is 0 Å². The van der Waals surface area contributed by atoms with Crippen molar-refractivity contribution in [1.82, 2.24) is 0 Å². The van der Waals surface area contributed by atoms with Gasteiger partial charge in [0.25, 0.3) is 0 Å². The first-order valence-electron chi connectivity index (χ1n) is 11.7. The number of anilines is 1. The molecule has 1 heterocycles. The standard InChI is InChI=1S/C27H39NO3S/c1-5-16-28(18-21-11-12-23(19-29)24(17-21)20-30)26-14-13-25(32-26)22(6-2)10-9-15-27(31,7-3)8-4/h9-15,17,29-31H,5-8,16,18-20H2,1-4H3/b15-9+,22-10+. The molecule has 0 aliphatic rings. The molecular formula is C27H39NO3S. The van der Waals surface area contributed by atoms with Crippen LogP contribution >= 0.6 is 11.3 Å². The first-order chi connectivity index (χ1) is 15.4. The number of benzene rings is 1. The number of hydrogen-bond acceptors (Lipinski definition) is 5. The minimum atomic E-state index is -0.729. The summed E-state index contributed by atoms with van der Waals surface area (Å²) in [6, 6.07) is 10.3. The van der Waals surface area contributed by atoms with Gasteiger partial charge in [0.2, 0.25) is 0 Å². The molecule has 2 rings (SSSR count). The van der Waals surface area contributed by atoms with Crippen molar-refractivity contribution in [2.75, 3.05) is 11.4 Å². The van der Waals surface area contributed by atoms with E-state index in [-0.39, 0.29) is 13.2 Å². The molecule has 0 bridgehead atoms. The second-order valence-electron chi connectivity index (χ2n) is 8.19. The molecule has 1 aromatic heterocycles. The Labute approximate surface area is 197 Å². The summed E-state index contributed by atoms with van der Waals surface area (Å²) in [6.07, 6.45) is 9.42. The van der Waals surface area contributed by atoms with Crippen LogP contribution in [0.1, 0.15) is 74.9 Å². The van der Waals surface area contributed by atoms with E-state index in [1.54, 1.807) is 11.3 Å². The SMILES string of the molecule is CCCN(Cc1ccc(CO)c(CO)c1)c1ccc(/C(=C/C=C/C(O)(CC)CC)CC)s1. The summed E-state index contributed by atoms with van der Waals surface area (Å²) in [7, 11) is 0. The van der Waals surface area contributed by atoms with Gasteiger partial charge < -0.3 is 20.2 Å². The van der Waals surface area contributed by atoms with E-state index in [1.807, 2.05) is 44.2 Å². The smallest absolute Gasteiger partial charge is 0.0917 e. The van der Waals surface area contributed by atoms with E-state index >= 15 is 0 Å². The predicted octanol–water partition coefficient (Wildman–Crippen LogP) is 6.05. The zero-order valence-electron chi connectivity index (χ0n) is 20.0. The molecule has 5 heteroatoms. The van der Waals surface area contributed by atoms with Gasteiger partial charge in [0.15, 0.2) is 0 Å². The van der Waals surface area contributed by atoms with Crippen LogP contribution in [0.25, 0.3) is 5.57 Å². The fourth-order valence-corrected chi connectivity index (χ4v) is 4.84. The average Bonchev–Trinajstić information content (AvgIpc) is 3.31. The van der Waals surface area contributed by atoms with E-state index in [9.17, 15) is 15.3 Å². The molecule has 0 saturated heterocycles. The van der Waals surface area contributed by atoms with Crippen LogP contribution in [0, 0.1) is 0 Å². The number of hydrogen-bond donors (Lipinski definition) is 3. The first kappa shape index (κ1) is 26.3. The van der Waals surface area contributed by atoms with E-state index in [0.29, 0.717) is 12.8 Å². The number of rotatable bonds is 13. The Kier molecular flexibility index (Phi) is 10.7. The number of thiophene rings is 1. The Morgan fingerprint density at radius 1 is 1.00 bits per heavy atom. The number of nitrogens with zero attached hydrogens (tertiary/aromatic N) is 1. The summed E-state index contributed by atoms with van der Waals surface area (Å²) in [5, 5.41) is 30.8. The highest BCUT2D eigenvalue weighted by Gasteiger charge is 2.17. The molecule has 0 aliphatic carbocycles. The third-order valence-electron chi connectivity index (χ3n) is 6.01. The summed E-state index contributed by atoms with van der Waals surface area (Å²) in [5.41, 5.74) is 3.23. The van der Waals surface area contributed by atoms with Gasteiger partial charge >= 0.3 is 0 Å². The Morgan fingerprint density at radius 3 is 2.31 bits per heavy atom. The van der Waals surface area contributed by atoms with Crippen LogP contribution in [0.3, 0.4) is 0 Å². The monoisotopic (exact) mass is 457 g/mol. The van der Waals surface area contributed by atoms with Gasteiger partial charge in [-0.2, -0.15) is 0 Å². The van der Waals surface area contributed by atoms with Crippen LogP contribution in [0.2, 0.25) is 0 Å². The molecule has 0 radical (unpaired) electrons. The number of aliphatic hydroxyl groups is 3. The molecule has 1 aromatic carbocycles. The van der Waals surface area contributed by atoms with Crippen molar-refractivity contribution >= 4 is 21.9 Å². The largest absolute Gasteiger partial charge is 0.392 e. The predicted molar refractivity (Wildman–Crippen MR) is 137 cm³/mol. The second kappa shape index (κ2) is 12.9. The minimum Gasteiger partial charge on any atom is -0.392 e. The van der Waals surface area contributed by atoms with Crippen molar-refractivity contribution in [3.8, 4) is 0 Å². The molecule has 0 unspecified atom stereocenters. The molecule has 4 nitrogen and oxygen atoms in total. The van der Waals surface area contributed by atoms with Crippen LogP contribution in [0.4, 0.5) is 5.00 Å². The van der Waals surface area contributed by atoms with Gasteiger partial charge in [0.05, 0.1) is 23.8 Å². The molecule has 2 aromatic rings. The number of aliphatic hydroxyl groups excluding tert-OH is 2. The van der Waals surface area contributed by atoms with Crippen molar-refractivity contribution in [3.63, 3.8) is 0 Å². The molecule has 3 N–H and O–H groups in total. The zero-order valence-corrected chi connectivity index (χ0v) is 20.8. The van der Waals surface area contributed by atoms with Crippen molar-refractivity contribution in [3.05, 3.63) is 70.1 Å². The molecular weight excluding hydrogens is 418 g/mol. The molecule has 32 heavy (non-hydrogen) atoms. The molecule has 0 saturated carbocycles. The fourth-order valence-electron chi connectivity index (χ4n) is 3.71. The maximum absolute atomic E-state index is 10.5. The Balaban J connectivity index is 2.24. The summed E-state index contributed by atoms with van der Waals surface area (Å²) < 4.78 is 0. The summed E-state index contributed by atoms with van der Waals surface area (Å²) in [5.74, 6) is 0. The Bertz CT molecular complexity index is 896. The molecule has 0 aliphatic heterocycles. The van der Waals surface area contributed by atoms with E-state index < -0.39 is 5.60 Å². The van der Waals surface area contributed by atoms with Gasteiger partial charge in [0, 0.05) is 18.0 Å². The molecule has 0 atom stereocenters.